The van der Waals surface area contributed by atoms with Crippen LogP contribution in [0.2, 0.25) is 0 Å². The highest BCUT2D eigenvalue weighted by Gasteiger charge is 2.30. The predicted molar refractivity (Wildman–Crippen MR) is 61.0 cm³/mol. The van der Waals surface area contributed by atoms with Gasteiger partial charge in [0.2, 0.25) is 0 Å². The van der Waals surface area contributed by atoms with Crippen LogP contribution in [-0.4, -0.2) is 23.3 Å². The molecular weight excluding hydrogens is 249 g/mol. The molecule has 0 spiro atoms. The first-order chi connectivity index (χ1) is 8.05. The highest BCUT2D eigenvalue weighted by molar-refractivity contribution is 7.99. The first-order valence-electron chi connectivity index (χ1n) is 5.45. The Morgan fingerprint density at radius 3 is 2.76 bits per heavy atom. The van der Waals surface area contributed by atoms with Gasteiger partial charge in [-0.1, -0.05) is 0 Å². The van der Waals surface area contributed by atoms with Crippen LogP contribution in [0, 0.1) is 0 Å². The number of thioether (sulfide) groups is 1. The third-order valence-corrected chi connectivity index (χ3v) is 3.76. The van der Waals surface area contributed by atoms with Crippen LogP contribution < -0.4 is 5.32 Å². The predicted octanol–water partition coefficient (Wildman–Crippen LogP) is 2.94. The molecule has 0 aliphatic carbocycles. The van der Waals surface area contributed by atoms with Crippen LogP contribution in [0.3, 0.4) is 0 Å². The fraction of sp³-hybridized carbons (Fsp3) is 0.545. The number of pyridine rings is 1. The van der Waals surface area contributed by atoms with Gasteiger partial charge in [0.25, 0.3) is 0 Å². The Morgan fingerprint density at radius 1 is 1.41 bits per heavy atom. The molecule has 6 heteroatoms. The fourth-order valence-electron chi connectivity index (χ4n) is 1.72. The summed E-state index contributed by atoms with van der Waals surface area (Å²) in [5.41, 5.74) is -0.694. The topological polar surface area (TPSA) is 24.9 Å². The average molecular weight is 262 g/mol. The molecule has 2 nitrogen and oxygen atoms in total. The zero-order valence-electron chi connectivity index (χ0n) is 9.13. The summed E-state index contributed by atoms with van der Waals surface area (Å²) < 4.78 is 36.9. The molecule has 1 aliphatic heterocycles. The van der Waals surface area contributed by atoms with E-state index in [1.54, 1.807) is 0 Å². The molecule has 0 aromatic carbocycles. The molecule has 1 aromatic heterocycles. The lowest BCUT2D eigenvalue weighted by Crippen LogP contribution is -2.23. The quantitative estimate of drug-likeness (QED) is 0.848. The number of nitrogens with one attached hydrogen (secondary N) is 1. The summed E-state index contributed by atoms with van der Waals surface area (Å²) in [5, 5.41) is 3.98. The van der Waals surface area contributed by atoms with Crippen molar-refractivity contribution in [1.29, 1.82) is 0 Å². The van der Waals surface area contributed by atoms with Crippen LogP contribution >= 0.6 is 11.8 Å². The van der Waals surface area contributed by atoms with E-state index in [0.717, 1.165) is 31.0 Å². The molecule has 2 heterocycles. The number of aromatic nitrogens is 1. The minimum atomic E-state index is -4.30. The van der Waals surface area contributed by atoms with E-state index in [2.05, 4.69) is 10.3 Å². The molecule has 2 rings (SSSR count). The molecule has 0 bridgehead atoms. The number of nitrogens with zero attached hydrogens (tertiary/aromatic N) is 1. The van der Waals surface area contributed by atoms with Crippen LogP contribution in [0.1, 0.15) is 18.4 Å². The Labute approximate surface area is 102 Å². The molecule has 0 radical (unpaired) electrons. The summed E-state index contributed by atoms with van der Waals surface area (Å²) in [5.74, 6) is 0.859. The third kappa shape index (κ3) is 3.61. The number of alkyl halides is 3. The van der Waals surface area contributed by atoms with Crippen molar-refractivity contribution in [3.63, 3.8) is 0 Å². The van der Waals surface area contributed by atoms with Gasteiger partial charge in [-0.3, -0.25) is 0 Å². The summed E-state index contributed by atoms with van der Waals surface area (Å²) in [6.45, 7) is 1.03. The third-order valence-electron chi connectivity index (χ3n) is 2.66. The number of hydrogen-bond donors (Lipinski definition) is 1. The van der Waals surface area contributed by atoms with E-state index in [4.69, 9.17) is 0 Å². The van der Waals surface area contributed by atoms with Crippen molar-refractivity contribution in [2.45, 2.75) is 30.1 Å². The zero-order chi connectivity index (χ0) is 12.3. The lowest BCUT2D eigenvalue weighted by Gasteiger charge is -2.09. The first kappa shape index (κ1) is 12.7. The Balaban J connectivity index is 1.89. The SMILES string of the molecule is FC(F)(F)c1ccc(SCC2CCCN2)nc1. The van der Waals surface area contributed by atoms with Crippen molar-refractivity contribution in [2.75, 3.05) is 12.3 Å². The molecule has 1 atom stereocenters. The summed E-state index contributed by atoms with van der Waals surface area (Å²) in [6, 6.07) is 2.98. The second kappa shape index (κ2) is 5.27. The van der Waals surface area contributed by atoms with Crippen molar-refractivity contribution >= 4 is 11.8 Å². The number of halogens is 3. The van der Waals surface area contributed by atoms with Gasteiger partial charge in [0.05, 0.1) is 10.6 Å². The van der Waals surface area contributed by atoms with E-state index >= 15 is 0 Å². The lowest BCUT2D eigenvalue weighted by atomic mass is 10.3. The van der Waals surface area contributed by atoms with Gasteiger partial charge < -0.3 is 5.32 Å². The largest absolute Gasteiger partial charge is 0.417 e. The number of rotatable bonds is 3. The highest BCUT2D eigenvalue weighted by Crippen LogP contribution is 2.29. The Morgan fingerprint density at radius 2 is 2.24 bits per heavy atom. The van der Waals surface area contributed by atoms with Gasteiger partial charge in [-0.25, -0.2) is 4.98 Å². The summed E-state index contributed by atoms with van der Waals surface area (Å²) in [7, 11) is 0. The van der Waals surface area contributed by atoms with Crippen LogP contribution in [0.5, 0.6) is 0 Å². The van der Waals surface area contributed by atoms with E-state index in [1.165, 1.54) is 24.2 Å². The van der Waals surface area contributed by atoms with E-state index in [0.29, 0.717) is 11.1 Å². The van der Waals surface area contributed by atoms with Gasteiger partial charge in [0.15, 0.2) is 0 Å². The molecule has 1 aliphatic rings. The summed E-state index contributed by atoms with van der Waals surface area (Å²) in [6.07, 6.45) is -1.10. The maximum absolute atomic E-state index is 12.3. The van der Waals surface area contributed by atoms with E-state index in [1.807, 2.05) is 0 Å². The van der Waals surface area contributed by atoms with E-state index in [9.17, 15) is 13.2 Å². The van der Waals surface area contributed by atoms with E-state index < -0.39 is 11.7 Å². The van der Waals surface area contributed by atoms with Crippen LogP contribution in [0.25, 0.3) is 0 Å². The summed E-state index contributed by atoms with van der Waals surface area (Å²) >= 11 is 1.50. The molecule has 1 unspecified atom stereocenters. The van der Waals surface area contributed by atoms with Gasteiger partial charge in [0.1, 0.15) is 0 Å². The summed E-state index contributed by atoms with van der Waals surface area (Å²) in [4.78, 5) is 3.82. The second-order valence-corrected chi connectivity index (χ2v) is 5.03. The van der Waals surface area contributed by atoms with Crippen molar-refractivity contribution < 1.29 is 13.2 Å². The lowest BCUT2D eigenvalue weighted by molar-refractivity contribution is -0.137. The van der Waals surface area contributed by atoms with Crippen LogP contribution in [-0.2, 0) is 6.18 Å². The minimum absolute atomic E-state index is 0.462. The second-order valence-electron chi connectivity index (χ2n) is 3.99. The molecule has 1 saturated heterocycles. The maximum Gasteiger partial charge on any atom is 0.417 e. The molecule has 0 saturated carbocycles. The molecule has 0 amide bonds. The van der Waals surface area contributed by atoms with Crippen molar-refractivity contribution in [1.82, 2.24) is 10.3 Å². The van der Waals surface area contributed by atoms with Gasteiger partial charge in [-0.15, -0.1) is 11.8 Å². The number of hydrogen-bond acceptors (Lipinski definition) is 3. The Bertz CT molecular complexity index is 358. The molecule has 1 aromatic rings. The van der Waals surface area contributed by atoms with Crippen molar-refractivity contribution in [3.8, 4) is 0 Å². The molecule has 1 N–H and O–H groups in total. The first-order valence-corrected chi connectivity index (χ1v) is 6.44. The van der Waals surface area contributed by atoms with Crippen molar-refractivity contribution in [3.05, 3.63) is 23.9 Å². The molecule has 17 heavy (non-hydrogen) atoms. The zero-order valence-corrected chi connectivity index (χ0v) is 9.94. The van der Waals surface area contributed by atoms with Crippen LogP contribution in [0.4, 0.5) is 13.2 Å². The molecule has 1 fully saturated rings. The molecular formula is C11H13F3N2S. The van der Waals surface area contributed by atoms with Gasteiger partial charge >= 0.3 is 6.18 Å². The monoisotopic (exact) mass is 262 g/mol. The average Bonchev–Trinajstić information content (AvgIpc) is 2.78. The maximum atomic E-state index is 12.3. The van der Waals surface area contributed by atoms with Gasteiger partial charge in [-0.2, -0.15) is 13.2 Å². The fourth-order valence-corrected chi connectivity index (χ4v) is 2.67. The van der Waals surface area contributed by atoms with E-state index in [-0.39, 0.29) is 0 Å². The highest BCUT2D eigenvalue weighted by atomic mass is 32.2. The standard InChI is InChI=1S/C11H13F3N2S/c12-11(13,14)8-3-4-10(16-6-8)17-7-9-2-1-5-15-9/h3-4,6,9,15H,1-2,5,7H2. The minimum Gasteiger partial charge on any atom is -0.313 e. The smallest absolute Gasteiger partial charge is 0.313 e. The molecule has 94 valence electrons. The Hall–Kier alpha value is -0.750. The normalized spacial score (nSPS) is 20.8. The van der Waals surface area contributed by atoms with Gasteiger partial charge in [0, 0.05) is 18.0 Å². The van der Waals surface area contributed by atoms with Crippen molar-refractivity contribution in [2.24, 2.45) is 0 Å². The van der Waals surface area contributed by atoms with Gasteiger partial charge in [-0.05, 0) is 31.5 Å². The van der Waals surface area contributed by atoms with Crippen LogP contribution in [0.15, 0.2) is 23.4 Å². The Kier molecular flexibility index (Phi) is 3.93.